The summed E-state index contributed by atoms with van der Waals surface area (Å²) >= 11 is 5.40. The van der Waals surface area contributed by atoms with Gasteiger partial charge in [0.25, 0.3) is 0 Å². The lowest BCUT2D eigenvalue weighted by Gasteiger charge is -2.04. The second kappa shape index (κ2) is 4.14. The van der Waals surface area contributed by atoms with Gasteiger partial charge in [-0.1, -0.05) is 6.07 Å². The zero-order valence-corrected chi connectivity index (χ0v) is 7.71. The number of anilines is 1. The first-order valence-corrected chi connectivity index (χ1v) is 4.37. The largest absolute Gasteiger partial charge is 0.505 e. The maximum Gasteiger partial charge on any atom is 0.167 e. The molecule has 1 rings (SSSR count). The van der Waals surface area contributed by atoms with Crippen molar-refractivity contribution in [2.45, 2.75) is 6.42 Å². The highest BCUT2D eigenvalue weighted by Gasteiger charge is 2.11. The molecule has 3 nitrogen and oxygen atoms in total. The Hall–Kier alpha value is -1.22. The van der Waals surface area contributed by atoms with E-state index in [1.807, 2.05) is 0 Å². The van der Waals surface area contributed by atoms with Crippen molar-refractivity contribution in [2.75, 3.05) is 11.6 Å². The first-order valence-electron chi connectivity index (χ1n) is 3.83. The molecule has 0 spiro atoms. The number of aromatic hydroxyl groups is 1. The van der Waals surface area contributed by atoms with E-state index in [9.17, 15) is 9.90 Å². The minimum atomic E-state index is -0.195. The first-order chi connectivity index (χ1) is 6.16. The predicted octanol–water partition coefficient (Wildman–Crippen LogP) is 1.79. The number of nitrogen functional groups attached to an aromatic ring is 1. The third-order valence-electron chi connectivity index (χ3n) is 1.69. The van der Waals surface area contributed by atoms with Crippen LogP contribution in [0.5, 0.6) is 5.75 Å². The Labute approximate surface area is 81.1 Å². The number of hydrogen-bond donors (Lipinski definition) is 2. The fourth-order valence-corrected chi connectivity index (χ4v) is 1.18. The second-order valence-electron chi connectivity index (χ2n) is 2.61. The van der Waals surface area contributed by atoms with Gasteiger partial charge in [0.1, 0.15) is 5.75 Å². The molecule has 0 saturated heterocycles. The van der Waals surface area contributed by atoms with Gasteiger partial charge in [-0.3, -0.25) is 4.79 Å². The Morgan fingerprint density at radius 3 is 2.85 bits per heavy atom. The summed E-state index contributed by atoms with van der Waals surface area (Å²) in [5, 5.41) is 9.41. The van der Waals surface area contributed by atoms with Gasteiger partial charge in [0.2, 0.25) is 0 Å². The van der Waals surface area contributed by atoms with Crippen molar-refractivity contribution in [2.24, 2.45) is 0 Å². The molecule has 0 heterocycles. The molecule has 0 aliphatic rings. The van der Waals surface area contributed by atoms with E-state index in [4.69, 9.17) is 17.3 Å². The van der Waals surface area contributed by atoms with Crippen molar-refractivity contribution in [3.05, 3.63) is 23.8 Å². The smallest absolute Gasteiger partial charge is 0.167 e. The van der Waals surface area contributed by atoms with Crippen LogP contribution < -0.4 is 5.73 Å². The molecule has 0 atom stereocenters. The maximum atomic E-state index is 11.3. The summed E-state index contributed by atoms with van der Waals surface area (Å²) in [6.07, 6.45) is 0.207. The normalized spacial score (nSPS) is 9.92. The van der Waals surface area contributed by atoms with Gasteiger partial charge >= 0.3 is 0 Å². The number of carbonyl (C=O) groups is 1. The maximum absolute atomic E-state index is 11.3. The van der Waals surface area contributed by atoms with Gasteiger partial charge in [-0.05, 0) is 12.1 Å². The van der Waals surface area contributed by atoms with E-state index in [2.05, 4.69) is 0 Å². The first kappa shape index (κ1) is 9.86. The van der Waals surface area contributed by atoms with Crippen molar-refractivity contribution < 1.29 is 9.90 Å². The van der Waals surface area contributed by atoms with Crippen molar-refractivity contribution in [3.63, 3.8) is 0 Å². The molecule has 0 bridgehead atoms. The quantitative estimate of drug-likeness (QED) is 0.338. The van der Waals surface area contributed by atoms with Gasteiger partial charge in [-0.2, -0.15) is 0 Å². The molecule has 0 unspecified atom stereocenters. The molecular formula is C9H10ClNO2. The lowest BCUT2D eigenvalue weighted by molar-refractivity contribution is 0.0986. The molecule has 0 aliphatic carbocycles. The van der Waals surface area contributed by atoms with E-state index >= 15 is 0 Å². The molecule has 0 amide bonds. The Bertz CT molecular complexity index is 325. The number of para-hydroxylation sites is 1. The van der Waals surface area contributed by atoms with Crippen molar-refractivity contribution in [3.8, 4) is 5.75 Å². The number of Topliss-reactive ketones (excluding diaryl/α,β-unsaturated/α-hetero) is 1. The summed E-state index contributed by atoms with van der Waals surface area (Å²) in [7, 11) is 0. The Kier molecular flexibility index (Phi) is 3.14. The van der Waals surface area contributed by atoms with Crippen LogP contribution >= 0.6 is 11.6 Å². The highest BCUT2D eigenvalue weighted by atomic mass is 35.5. The third kappa shape index (κ3) is 2.12. The SMILES string of the molecule is Nc1cccc(C(=O)CCCl)c1O. The zero-order chi connectivity index (χ0) is 9.84. The number of rotatable bonds is 3. The number of benzene rings is 1. The number of phenolic OH excluding ortho intramolecular Hbond substituents is 1. The van der Waals surface area contributed by atoms with Crippen LogP contribution in [0.15, 0.2) is 18.2 Å². The van der Waals surface area contributed by atoms with Gasteiger partial charge in [0.15, 0.2) is 5.78 Å². The molecule has 0 aromatic heterocycles. The van der Waals surface area contributed by atoms with Gasteiger partial charge in [0, 0.05) is 12.3 Å². The summed E-state index contributed by atoms with van der Waals surface area (Å²) in [4.78, 5) is 11.3. The molecule has 1 aromatic rings. The molecule has 1 aromatic carbocycles. The molecule has 70 valence electrons. The predicted molar refractivity (Wildman–Crippen MR) is 52.2 cm³/mol. The lowest BCUT2D eigenvalue weighted by Crippen LogP contribution is -2.01. The molecule has 4 heteroatoms. The number of halogens is 1. The molecule has 3 N–H and O–H groups in total. The summed E-state index contributed by atoms with van der Waals surface area (Å²) in [5.41, 5.74) is 5.86. The number of hydrogen-bond acceptors (Lipinski definition) is 3. The van der Waals surface area contributed by atoms with E-state index in [-0.39, 0.29) is 35.1 Å². The zero-order valence-electron chi connectivity index (χ0n) is 6.96. The van der Waals surface area contributed by atoms with Gasteiger partial charge in [0.05, 0.1) is 11.3 Å². The van der Waals surface area contributed by atoms with Crippen LogP contribution in [0.2, 0.25) is 0 Å². The lowest BCUT2D eigenvalue weighted by atomic mass is 10.1. The Balaban J connectivity index is 3.01. The summed E-state index contributed by atoms with van der Waals surface area (Å²) in [6.45, 7) is 0. The highest BCUT2D eigenvalue weighted by molar-refractivity contribution is 6.19. The Morgan fingerprint density at radius 2 is 2.23 bits per heavy atom. The molecular weight excluding hydrogens is 190 g/mol. The summed E-state index contributed by atoms with van der Waals surface area (Å²) in [6, 6.07) is 4.68. The summed E-state index contributed by atoms with van der Waals surface area (Å²) < 4.78 is 0. The van der Waals surface area contributed by atoms with Crippen LogP contribution in [0.25, 0.3) is 0 Å². The fourth-order valence-electron chi connectivity index (χ4n) is 1.01. The number of nitrogens with two attached hydrogens (primary N) is 1. The van der Waals surface area contributed by atoms with E-state index in [1.165, 1.54) is 12.1 Å². The van der Waals surface area contributed by atoms with Crippen LogP contribution in [0, 0.1) is 0 Å². The molecule has 13 heavy (non-hydrogen) atoms. The monoisotopic (exact) mass is 199 g/mol. The number of alkyl halides is 1. The van der Waals surface area contributed by atoms with Crippen LogP contribution in [0.4, 0.5) is 5.69 Å². The molecule has 0 radical (unpaired) electrons. The van der Waals surface area contributed by atoms with E-state index < -0.39 is 0 Å². The van der Waals surface area contributed by atoms with Gasteiger partial charge < -0.3 is 10.8 Å². The van der Waals surface area contributed by atoms with Crippen LogP contribution in [0.3, 0.4) is 0 Å². The second-order valence-corrected chi connectivity index (χ2v) is 2.98. The Morgan fingerprint density at radius 1 is 1.54 bits per heavy atom. The van der Waals surface area contributed by atoms with Crippen molar-refractivity contribution >= 4 is 23.1 Å². The van der Waals surface area contributed by atoms with Crippen LogP contribution in [0.1, 0.15) is 16.8 Å². The number of ketones is 1. The van der Waals surface area contributed by atoms with E-state index in [1.54, 1.807) is 6.07 Å². The number of carbonyl (C=O) groups excluding carboxylic acids is 1. The molecule has 0 aliphatic heterocycles. The van der Waals surface area contributed by atoms with Gasteiger partial charge in [-0.15, -0.1) is 11.6 Å². The molecule has 0 fully saturated rings. The average Bonchev–Trinajstić information content (AvgIpc) is 2.10. The van der Waals surface area contributed by atoms with Crippen molar-refractivity contribution in [1.29, 1.82) is 0 Å². The summed E-state index contributed by atoms with van der Waals surface area (Å²) in [5.74, 6) is -0.106. The minimum Gasteiger partial charge on any atom is -0.505 e. The fraction of sp³-hybridized carbons (Fsp3) is 0.222. The minimum absolute atomic E-state index is 0.155. The third-order valence-corrected chi connectivity index (χ3v) is 1.88. The van der Waals surface area contributed by atoms with E-state index in [0.717, 1.165) is 0 Å². The van der Waals surface area contributed by atoms with Crippen LogP contribution in [-0.2, 0) is 0 Å². The number of phenols is 1. The highest BCUT2D eigenvalue weighted by Crippen LogP contribution is 2.25. The van der Waals surface area contributed by atoms with Crippen molar-refractivity contribution in [1.82, 2.24) is 0 Å². The van der Waals surface area contributed by atoms with Crippen LogP contribution in [-0.4, -0.2) is 16.8 Å². The van der Waals surface area contributed by atoms with Gasteiger partial charge in [-0.25, -0.2) is 0 Å². The topological polar surface area (TPSA) is 63.3 Å². The standard InChI is InChI=1S/C9H10ClNO2/c10-5-4-8(12)6-2-1-3-7(11)9(6)13/h1-3,13H,4-5,11H2. The van der Waals surface area contributed by atoms with E-state index in [0.29, 0.717) is 0 Å². The molecule has 0 saturated carbocycles. The average molecular weight is 200 g/mol.